The zero-order valence-electron chi connectivity index (χ0n) is 8.43. The number of rotatable bonds is 5. The predicted octanol–water partition coefficient (Wildman–Crippen LogP) is 2.65. The maximum absolute atomic E-state index is 5.45. The van der Waals surface area contributed by atoms with E-state index in [2.05, 4.69) is 27.7 Å². The fourth-order valence-corrected chi connectivity index (χ4v) is 1.36. The molecular formula is C10H23N. The molecule has 0 rings (SSSR count). The fraction of sp³-hybridized carbons (Fsp3) is 1.00. The van der Waals surface area contributed by atoms with Crippen molar-refractivity contribution in [3.05, 3.63) is 0 Å². The molecule has 2 N–H and O–H groups in total. The van der Waals surface area contributed by atoms with Crippen LogP contribution in [0.1, 0.15) is 40.5 Å². The average molecular weight is 157 g/mol. The van der Waals surface area contributed by atoms with Gasteiger partial charge in [-0.05, 0) is 37.1 Å². The van der Waals surface area contributed by atoms with E-state index in [1.807, 2.05) is 0 Å². The van der Waals surface area contributed by atoms with Crippen LogP contribution < -0.4 is 5.73 Å². The van der Waals surface area contributed by atoms with Gasteiger partial charge in [0, 0.05) is 0 Å². The SMILES string of the molecule is CC(C)C(C)C(C)CCCN. The van der Waals surface area contributed by atoms with Gasteiger partial charge in [0.25, 0.3) is 0 Å². The number of hydrogen-bond acceptors (Lipinski definition) is 1. The highest BCUT2D eigenvalue weighted by atomic mass is 14.5. The number of nitrogens with two attached hydrogens (primary N) is 1. The zero-order valence-corrected chi connectivity index (χ0v) is 8.43. The molecule has 0 amide bonds. The van der Waals surface area contributed by atoms with Gasteiger partial charge < -0.3 is 5.73 Å². The summed E-state index contributed by atoms with van der Waals surface area (Å²) >= 11 is 0. The van der Waals surface area contributed by atoms with E-state index in [-0.39, 0.29) is 0 Å². The van der Waals surface area contributed by atoms with Crippen molar-refractivity contribution >= 4 is 0 Å². The second-order valence-corrected chi connectivity index (χ2v) is 4.01. The Kier molecular flexibility index (Phi) is 5.57. The van der Waals surface area contributed by atoms with Crippen molar-refractivity contribution in [2.45, 2.75) is 40.5 Å². The molecule has 0 radical (unpaired) electrons. The Hall–Kier alpha value is -0.0400. The molecular weight excluding hydrogens is 134 g/mol. The quantitative estimate of drug-likeness (QED) is 0.652. The summed E-state index contributed by atoms with van der Waals surface area (Å²) in [5.41, 5.74) is 5.45. The van der Waals surface area contributed by atoms with E-state index >= 15 is 0 Å². The van der Waals surface area contributed by atoms with Crippen LogP contribution in [0.15, 0.2) is 0 Å². The fourth-order valence-electron chi connectivity index (χ4n) is 1.36. The summed E-state index contributed by atoms with van der Waals surface area (Å²) in [6, 6.07) is 0. The highest BCUT2D eigenvalue weighted by molar-refractivity contribution is 4.65. The Morgan fingerprint density at radius 1 is 1.09 bits per heavy atom. The van der Waals surface area contributed by atoms with Crippen LogP contribution in [0.5, 0.6) is 0 Å². The highest BCUT2D eigenvalue weighted by Crippen LogP contribution is 2.23. The van der Waals surface area contributed by atoms with Gasteiger partial charge in [0.2, 0.25) is 0 Å². The molecule has 0 spiro atoms. The van der Waals surface area contributed by atoms with E-state index in [0.29, 0.717) is 0 Å². The van der Waals surface area contributed by atoms with Gasteiger partial charge in [0.15, 0.2) is 0 Å². The molecule has 0 aromatic heterocycles. The summed E-state index contributed by atoms with van der Waals surface area (Å²) < 4.78 is 0. The highest BCUT2D eigenvalue weighted by Gasteiger charge is 2.14. The van der Waals surface area contributed by atoms with Crippen molar-refractivity contribution < 1.29 is 0 Å². The number of hydrogen-bond donors (Lipinski definition) is 1. The first kappa shape index (κ1) is 11.0. The summed E-state index contributed by atoms with van der Waals surface area (Å²) in [4.78, 5) is 0. The van der Waals surface area contributed by atoms with Crippen LogP contribution in [0.25, 0.3) is 0 Å². The van der Waals surface area contributed by atoms with Crippen LogP contribution in [0.4, 0.5) is 0 Å². The van der Waals surface area contributed by atoms with E-state index in [1.165, 1.54) is 12.8 Å². The zero-order chi connectivity index (χ0) is 8.85. The van der Waals surface area contributed by atoms with Crippen molar-refractivity contribution in [1.82, 2.24) is 0 Å². The second-order valence-electron chi connectivity index (χ2n) is 4.01. The van der Waals surface area contributed by atoms with Gasteiger partial charge in [0.1, 0.15) is 0 Å². The minimum absolute atomic E-state index is 0.808. The molecule has 0 aliphatic rings. The molecule has 1 heteroatoms. The lowest BCUT2D eigenvalue weighted by Gasteiger charge is -2.22. The van der Waals surface area contributed by atoms with Crippen LogP contribution in [0.3, 0.4) is 0 Å². The summed E-state index contributed by atoms with van der Waals surface area (Å²) in [5, 5.41) is 0. The summed E-state index contributed by atoms with van der Waals surface area (Å²) in [6.07, 6.45) is 2.47. The van der Waals surface area contributed by atoms with Crippen molar-refractivity contribution in [2.75, 3.05) is 6.54 Å². The minimum Gasteiger partial charge on any atom is -0.330 e. The molecule has 0 aromatic rings. The lowest BCUT2D eigenvalue weighted by Crippen LogP contribution is -2.15. The van der Waals surface area contributed by atoms with E-state index in [1.54, 1.807) is 0 Å². The van der Waals surface area contributed by atoms with Gasteiger partial charge in [-0.25, -0.2) is 0 Å². The maximum Gasteiger partial charge on any atom is -0.00772 e. The monoisotopic (exact) mass is 157 g/mol. The lowest BCUT2D eigenvalue weighted by atomic mass is 9.84. The van der Waals surface area contributed by atoms with Crippen LogP contribution in [-0.4, -0.2) is 6.54 Å². The van der Waals surface area contributed by atoms with Gasteiger partial charge in [0.05, 0.1) is 0 Å². The molecule has 0 bridgehead atoms. The first-order chi connectivity index (χ1) is 5.09. The van der Waals surface area contributed by atoms with Gasteiger partial charge in [-0.1, -0.05) is 27.7 Å². The lowest BCUT2D eigenvalue weighted by molar-refractivity contribution is 0.279. The second kappa shape index (κ2) is 5.59. The molecule has 0 fully saturated rings. The van der Waals surface area contributed by atoms with Gasteiger partial charge in [-0.2, -0.15) is 0 Å². The predicted molar refractivity (Wildman–Crippen MR) is 51.5 cm³/mol. The topological polar surface area (TPSA) is 26.0 Å². The Bertz CT molecular complexity index is 88.9. The molecule has 68 valence electrons. The smallest absolute Gasteiger partial charge is 0.00772 e. The Labute approximate surface area is 71.4 Å². The standard InChI is InChI=1S/C10H23N/c1-8(2)10(4)9(3)6-5-7-11/h8-10H,5-7,11H2,1-4H3. The normalized spacial score (nSPS) is 16.9. The van der Waals surface area contributed by atoms with Gasteiger partial charge in [-0.3, -0.25) is 0 Å². The van der Waals surface area contributed by atoms with Crippen LogP contribution in [-0.2, 0) is 0 Å². The van der Waals surface area contributed by atoms with Crippen molar-refractivity contribution in [1.29, 1.82) is 0 Å². The molecule has 11 heavy (non-hydrogen) atoms. The van der Waals surface area contributed by atoms with Gasteiger partial charge >= 0.3 is 0 Å². The molecule has 0 heterocycles. The van der Waals surface area contributed by atoms with Crippen LogP contribution in [0.2, 0.25) is 0 Å². The van der Waals surface area contributed by atoms with E-state index in [4.69, 9.17) is 5.73 Å². The average Bonchev–Trinajstić information content (AvgIpc) is 1.98. The van der Waals surface area contributed by atoms with Crippen LogP contribution >= 0.6 is 0 Å². The van der Waals surface area contributed by atoms with E-state index in [9.17, 15) is 0 Å². The van der Waals surface area contributed by atoms with Crippen molar-refractivity contribution in [2.24, 2.45) is 23.5 Å². The Morgan fingerprint density at radius 3 is 2.00 bits per heavy atom. The molecule has 2 atom stereocenters. The van der Waals surface area contributed by atoms with E-state index in [0.717, 1.165) is 24.3 Å². The summed E-state index contributed by atoms with van der Waals surface area (Å²) in [7, 11) is 0. The van der Waals surface area contributed by atoms with Gasteiger partial charge in [-0.15, -0.1) is 0 Å². The molecule has 1 nitrogen and oxygen atoms in total. The summed E-state index contributed by atoms with van der Waals surface area (Å²) in [6.45, 7) is 10.1. The van der Waals surface area contributed by atoms with E-state index < -0.39 is 0 Å². The Balaban J connectivity index is 3.55. The molecule has 0 saturated carbocycles. The third-order valence-electron chi connectivity index (χ3n) is 2.81. The molecule has 0 aliphatic heterocycles. The third kappa shape index (κ3) is 4.41. The Morgan fingerprint density at radius 2 is 1.64 bits per heavy atom. The van der Waals surface area contributed by atoms with Crippen molar-refractivity contribution in [3.8, 4) is 0 Å². The maximum atomic E-state index is 5.45. The summed E-state index contributed by atoms with van der Waals surface area (Å²) in [5.74, 6) is 2.47. The minimum atomic E-state index is 0.808. The molecule has 2 unspecified atom stereocenters. The van der Waals surface area contributed by atoms with Crippen LogP contribution in [0, 0.1) is 17.8 Å². The molecule has 0 saturated heterocycles. The molecule has 0 aliphatic carbocycles. The molecule has 0 aromatic carbocycles. The first-order valence-corrected chi connectivity index (χ1v) is 4.79. The van der Waals surface area contributed by atoms with Crippen molar-refractivity contribution in [3.63, 3.8) is 0 Å². The largest absolute Gasteiger partial charge is 0.330 e. The third-order valence-corrected chi connectivity index (χ3v) is 2.81. The first-order valence-electron chi connectivity index (χ1n) is 4.79.